The topological polar surface area (TPSA) is 81.2 Å². The van der Waals surface area contributed by atoms with E-state index >= 15 is 0 Å². The number of nitrogens with two attached hydrogens (primary N) is 1. The summed E-state index contributed by atoms with van der Waals surface area (Å²) >= 11 is 0. The molecule has 1 aromatic heterocycles. The molecule has 1 heterocycles. The van der Waals surface area contributed by atoms with Gasteiger partial charge >= 0.3 is 0 Å². The molecule has 0 bridgehead atoms. The van der Waals surface area contributed by atoms with Crippen molar-refractivity contribution < 1.29 is 8.42 Å². The predicted octanol–water partition coefficient (Wildman–Crippen LogP) is 1.50. The van der Waals surface area contributed by atoms with Crippen molar-refractivity contribution in [1.29, 1.82) is 0 Å². The molecule has 0 saturated carbocycles. The van der Waals surface area contributed by atoms with Gasteiger partial charge in [0.25, 0.3) is 10.0 Å². The summed E-state index contributed by atoms with van der Waals surface area (Å²) in [5.74, 6) is 0.683. The van der Waals surface area contributed by atoms with Gasteiger partial charge in [0.1, 0.15) is 5.82 Å². The second-order valence-corrected chi connectivity index (χ2v) is 6.67. The molecule has 0 atom stereocenters. The van der Waals surface area contributed by atoms with Crippen LogP contribution in [0.3, 0.4) is 0 Å². The summed E-state index contributed by atoms with van der Waals surface area (Å²) in [4.78, 5) is 4.15. The summed E-state index contributed by atoms with van der Waals surface area (Å²) < 4.78 is 28.2. The minimum atomic E-state index is -3.65. The third-order valence-electron chi connectivity index (χ3n) is 3.46. The van der Waals surface area contributed by atoms with E-state index in [0.29, 0.717) is 24.6 Å². The lowest BCUT2D eigenvalue weighted by Crippen LogP contribution is -2.26. The maximum Gasteiger partial charge on any atom is 0.283 e. The van der Waals surface area contributed by atoms with E-state index in [-0.39, 0.29) is 5.03 Å². The number of aromatic nitrogens is 2. The Balaban J connectivity index is 2.36. The van der Waals surface area contributed by atoms with Gasteiger partial charge < -0.3 is 10.3 Å². The molecule has 0 unspecified atom stereocenters. The summed E-state index contributed by atoms with van der Waals surface area (Å²) in [6.45, 7) is 4.85. The van der Waals surface area contributed by atoms with E-state index in [1.54, 1.807) is 29.8 Å². The van der Waals surface area contributed by atoms with Gasteiger partial charge in [0.15, 0.2) is 5.03 Å². The molecule has 0 aliphatic heterocycles. The molecule has 6 nitrogen and oxygen atoms in total. The van der Waals surface area contributed by atoms with Crippen molar-refractivity contribution in [2.45, 2.75) is 32.0 Å². The molecule has 2 N–H and O–H groups in total. The van der Waals surface area contributed by atoms with Gasteiger partial charge in [-0.05, 0) is 31.5 Å². The third-order valence-corrected chi connectivity index (χ3v) is 5.11. The van der Waals surface area contributed by atoms with Crippen LogP contribution in [0.5, 0.6) is 0 Å². The van der Waals surface area contributed by atoms with Crippen LogP contribution in [0.25, 0.3) is 0 Å². The van der Waals surface area contributed by atoms with E-state index in [4.69, 9.17) is 5.73 Å². The van der Waals surface area contributed by atoms with Crippen molar-refractivity contribution in [2.24, 2.45) is 5.73 Å². The highest BCUT2D eigenvalue weighted by Gasteiger charge is 2.24. The van der Waals surface area contributed by atoms with Crippen molar-refractivity contribution in [2.75, 3.05) is 11.4 Å². The van der Waals surface area contributed by atoms with E-state index in [2.05, 4.69) is 4.98 Å². The lowest BCUT2D eigenvalue weighted by Gasteiger charge is -2.18. The smallest absolute Gasteiger partial charge is 0.283 e. The Bertz CT molecular complexity index is 720. The van der Waals surface area contributed by atoms with E-state index in [0.717, 1.165) is 5.56 Å². The minimum Gasteiger partial charge on any atom is -0.334 e. The molecule has 7 heteroatoms. The molecular formula is C14H20N4O2S. The summed E-state index contributed by atoms with van der Waals surface area (Å²) in [7, 11) is -2.13. The Morgan fingerprint density at radius 2 is 1.90 bits per heavy atom. The molecule has 2 rings (SSSR count). The summed E-state index contributed by atoms with van der Waals surface area (Å²) in [5.41, 5.74) is 7.08. The van der Waals surface area contributed by atoms with Crippen LogP contribution >= 0.6 is 0 Å². The zero-order chi connectivity index (χ0) is 15.6. The maximum atomic E-state index is 12.6. The molecular weight excluding hydrogens is 288 g/mol. The number of aryl methyl sites for hydroxylation is 2. The Morgan fingerprint density at radius 1 is 1.29 bits per heavy atom. The number of benzene rings is 1. The van der Waals surface area contributed by atoms with Gasteiger partial charge in [-0.15, -0.1) is 0 Å². The summed E-state index contributed by atoms with van der Waals surface area (Å²) in [6, 6.07) is 7.11. The van der Waals surface area contributed by atoms with Gasteiger partial charge in [0.2, 0.25) is 0 Å². The van der Waals surface area contributed by atoms with Crippen molar-refractivity contribution >= 4 is 15.7 Å². The normalized spacial score (nSPS) is 11.6. The molecule has 0 saturated heterocycles. The number of sulfonamides is 1. The van der Waals surface area contributed by atoms with E-state index in [1.165, 1.54) is 11.4 Å². The number of rotatable bonds is 5. The summed E-state index contributed by atoms with van der Waals surface area (Å²) in [6.07, 6.45) is 1.56. The van der Waals surface area contributed by atoms with Crippen molar-refractivity contribution in [3.63, 3.8) is 0 Å². The van der Waals surface area contributed by atoms with Crippen LogP contribution < -0.4 is 10.0 Å². The first-order valence-corrected chi connectivity index (χ1v) is 8.16. The average Bonchev–Trinajstić information content (AvgIpc) is 2.88. The van der Waals surface area contributed by atoms with Crippen LogP contribution in [0.2, 0.25) is 0 Å². The zero-order valence-corrected chi connectivity index (χ0v) is 13.3. The minimum absolute atomic E-state index is 0.0623. The van der Waals surface area contributed by atoms with Crippen LogP contribution in [0, 0.1) is 6.92 Å². The first-order valence-electron chi connectivity index (χ1n) is 6.72. The molecule has 0 aliphatic rings. The van der Waals surface area contributed by atoms with Gasteiger partial charge in [0.05, 0.1) is 5.69 Å². The lowest BCUT2D eigenvalue weighted by atomic mass is 10.2. The number of imidazole rings is 1. The second-order valence-electron chi connectivity index (χ2n) is 4.76. The van der Waals surface area contributed by atoms with E-state index in [9.17, 15) is 8.42 Å². The highest BCUT2D eigenvalue weighted by Crippen LogP contribution is 2.22. The van der Waals surface area contributed by atoms with Gasteiger partial charge in [0, 0.05) is 26.3 Å². The highest BCUT2D eigenvalue weighted by molar-refractivity contribution is 7.92. The average molecular weight is 308 g/mol. The fourth-order valence-electron chi connectivity index (χ4n) is 2.04. The zero-order valence-electron chi connectivity index (χ0n) is 12.4. The molecule has 1 aromatic carbocycles. The van der Waals surface area contributed by atoms with Crippen molar-refractivity contribution in [1.82, 2.24) is 9.55 Å². The van der Waals surface area contributed by atoms with Crippen molar-refractivity contribution in [3.05, 3.63) is 41.9 Å². The molecule has 0 amide bonds. The number of hydrogen-bond acceptors (Lipinski definition) is 4. The van der Waals surface area contributed by atoms with Gasteiger partial charge in [-0.1, -0.05) is 12.1 Å². The number of nitrogens with zero attached hydrogens (tertiary/aromatic N) is 3. The van der Waals surface area contributed by atoms with E-state index in [1.807, 2.05) is 19.1 Å². The molecule has 0 fully saturated rings. The van der Waals surface area contributed by atoms with Crippen LogP contribution in [0.15, 0.2) is 35.5 Å². The number of anilines is 1. The molecule has 114 valence electrons. The molecule has 0 spiro atoms. The van der Waals surface area contributed by atoms with Crippen LogP contribution in [-0.2, 0) is 23.1 Å². The molecule has 0 radical (unpaired) electrons. The molecule has 21 heavy (non-hydrogen) atoms. The quantitative estimate of drug-likeness (QED) is 0.907. The SMILES string of the molecule is CCn1cc(S(=O)(=O)N(C)c2ccc(CN)cc2)nc1C. The first-order chi connectivity index (χ1) is 9.90. The van der Waals surface area contributed by atoms with Gasteiger partial charge in [-0.2, -0.15) is 8.42 Å². The third kappa shape index (κ3) is 2.93. The Labute approximate surface area is 125 Å². The van der Waals surface area contributed by atoms with E-state index < -0.39 is 10.0 Å². The van der Waals surface area contributed by atoms with Gasteiger partial charge in [-0.25, -0.2) is 4.98 Å². The monoisotopic (exact) mass is 308 g/mol. The highest BCUT2D eigenvalue weighted by atomic mass is 32.2. The Kier molecular flexibility index (Phi) is 4.34. The second kappa shape index (κ2) is 5.87. The molecule has 2 aromatic rings. The van der Waals surface area contributed by atoms with Crippen LogP contribution in [-0.4, -0.2) is 25.0 Å². The predicted molar refractivity (Wildman–Crippen MR) is 82.6 cm³/mol. The van der Waals surface area contributed by atoms with Gasteiger partial charge in [-0.3, -0.25) is 4.31 Å². The fourth-order valence-corrected chi connectivity index (χ4v) is 3.23. The number of hydrogen-bond donors (Lipinski definition) is 1. The van der Waals surface area contributed by atoms with Crippen LogP contribution in [0.4, 0.5) is 5.69 Å². The fraction of sp³-hybridized carbons (Fsp3) is 0.357. The Hall–Kier alpha value is -1.86. The largest absolute Gasteiger partial charge is 0.334 e. The van der Waals surface area contributed by atoms with Crippen LogP contribution in [0.1, 0.15) is 18.3 Å². The summed E-state index contributed by atoms with van der Waals surface area (Å²) in [5, 5.41) is 0.0623. The van der Waals surface area contributed by atoms with Crippen molar-refractivity contribution in [3.8, 4) is 0 Å². The first kappa shape index (κ1) is 15.5. The molecule has 0 aliphatic carbocycles. The Morgan fingerprint density at radius 3 is 2.38 bits per heavy atom. The lowest BCUT2D eigenvalue weighted by molar-refractivity contribution is 0.591. The standard InChI is InChI=1S/C14H20N4O2S/c1-4-18-10-14(16-11(18)2)21(19,20)17(3)13-7-5-12(9-15)6-8-13/h5-8,10H,4,9,15H2,1-3H3. The maximum absolute atomic E-state index is 12.6.